The number of aliphatic imine (C=N–C) groups is 1. The Balaban J connectivity index is 0.00000420. The van der Waals surface area contributed by atoms with Crippen LogP contribution in [-0.2, 0) is 0 Å². The van der Waals surface area contributed by atoms with E-state index in [2.05, 4.69) is 32.8 Å². The summed E-state index contributed by atoms with van der Waals surface area (Å²) in [5.41, 5.74) is 0.591. The van der Waals surface area contributed by atoms with Crippen LogP contribution < -0.4 is 20.7 Å². The highest BCUT2D eigenvalue weighted by molar-refractivity contribution is 14.0. The molecule has 0 spiro atoms. The number of benzene rings is 1. The van der Waals surface area contributed by atoms with Crippen molar-refractivity contribution in [3.63, 3.8) is 0 Å². The summed E-state index contributed by atoms with van der Waals surface area (Å²) in [4.78, 5) is 19.0. The van der Waals surface area contributed by atoms with Gasteiger partial charge in [0.15, 0.2) is 5.96 Å². The molecule has 1 atom stereocenters. The Bertz CT molecular complexity index is 641. The number of likely N-dealkylation sites (tertiary alicyclic amines) is 1. The van der Waals surface area contributed by atoms with Gasteiger partial charge in [-0.3, -0.25) is 9.79 Å². The van der Waals surface area contributed by atoms with E-state index in [0.29, 0.717) is 30.4 Å². The van der Waals surface area contributed by atoms with Crippen LogP contribution in [-0.4, -0.2) is 69.7 Å². The van der Waals surface area contributed by atoms with E-state index in [9.17, 15) is 4.79 Å². The average Bonchev–Trinajstić information content (AvgIpc) is 2.73. The third-order valence-corrected chi connectivity index (χ3v) is 5.11. The number of carbonyl (C=O) groups excluding carboxylic acids is 1. The number of carbonyl (C=O) groups is 1. The van der Waals surface area contributed by atoms with Crippen molar-refractivity contribution in [1.82, 2.24) is 20.9 Å². The van der Waals surface area contributed by atoms with Gasteiger partial charge in [0.05, 0.1) is 7.11 Å². The van der Waals surface area contributed by atoms with Crippen LogP contribution in [0.4, 0.5) is 0 Å². The zero-order valence-electron chi connectivity index (χ0n) is 17.9. The molecule has 1 amide bonds. The minimum absolute atomic E-state index is 0. The van der Waals surface area contributed by atoms with Gasteiger partial charge in [-0.1, -0.05) is 12.5 Å². The first-order valence-electron chi connectivity index (χ1n) is 10.2. The number of nitrogens with zero attached hydrogens (tertiary/aromatic N) is 2. The molecule has 0 bridgehead atoms. The molecule has 0 aliphatic carbocycles. The van der Waals surface area contributed by atoms with Crippen LogP contribution in [0.2, 0.25) is 0 Å². The Morgan fingerprint density at radius 3 is 2.69 bits per heavy atom. The van der Waals surface area contributed by atoms with E-state index < -0.39 is 0 Å². The molecular formula is C21H36IN5O2. The summed E-state index contributed by atoms with van der Waals surface area (Å²) in [5, 5.41) is 9.47. The molecule has 1 saturated heterocycles. The van der Waals surface area contributed by atoms with Crippen molar-refractivity contribution in [2.24, 2.45) is 4.99 Å². The van der Waals surface area contributed by atoms with Gasteiger partial charge in [0.25, 0.3) is 5.91 Å². The van der Waals surface area contributed by atoms with E-state index in [1.807, 2.05) is 12.1 Å². The van der Waals surface area contributed by atoms with Crippen molar-refractivity contribution in [2.75, 3.05) is 46.9 Å². The molecule has 1 heterocycles. The summed E-state index contributed by atoms with van der Waals surface area (Å²) in [6.07, 6.45) is 5.10. The Morgan fingerprint density at radius 1 is 1.21 bits per heavy atom. The van der Waals surface area contributed by atoms with E-state index >= 15 is 0 Å². The summed E-state index contributed by atoms with van der Waals surface area (Å²) < 4.78 is 5.15. The van der Waals surface area contributed by atoms with Crippen molar-refractivity contribution in [1.29, 1.82) is 0 Å². The van der Waals surface area contributed by atoms with Gasteiger partial charge in [-0.2, -0.15) is 0 Å². The fourth-order valence-corrected chi connectivity index (χ4v) is 3.42. The number of halogens is 1. The normalized spacial score (nSPS) is 17.2. The quantitative estimate of drug-likeness (QED) is 0.203. The maximum atomic E-state index is 12.2. The number of hydrogen-bond acceptors (Lipinski definition) is 4. The van der Waals surface area contributed by atoms with Crippen molar-refractivity contribution < 1.29 is 9.53 Å². The molecule has 164 valence electrons. The third kappa shape index (κ3) is 9.20. The lowest BCUT2D eigenvalue weighted by atomic mass is 10.0. The highest BCUT2D eigenvalue weighted by atomic mass is 127. The SMILES string of the molecule is CN=C(NCCCN1CCCCC1C)NCCNC(=O)c1cccc(OC)c1.I. The zero-order valence-corrected chi connectivity index (χ0v) is 20.2. The Hall–Kier alpha value is -1.55. The second kappa shape index (κ2) is 14.4. The fraction of sp³-hybridized carbons (Fsp3) is 0.619. The number of rotatable bonds is 9. The lowest BCUT2D eigenvalue weighted by Gasteiger charge is -2.33. The summed E-state index contributed by atoms with van der Waals surface area (Å²) in [6, 6.07) is 7.84. The molecule has 1 unspecified atom stereocenters. The number of amides is 1. The minimum atomic E-state index is -0.112. The van der Waals surface area contributed by atoms with Crippen LogP contribution in [0.15, 0.2) is 29.3 Å². The van der Waals surface area contributed by atoms with Crippen molar-refractivity contribution in [3.05, 3.63) is 29.8 Å². The first-order valence-corrected chi connectivity index (χ1v) is 10.2. The van der Waals surface area contributed by atoms with Crippen LogP contribution in [0.3, 0.4) is 0 Å². The van der Waals surface area contributed by atoms with Crippen molar-refractivity contribution in [2.45, 2.75) is 38.6 Å². The smallest absolute Gasteiger partial charge is 0.251 e. The number of piperidine rings is 1. The molecule has 7 nitrogen and oxygen atoms in total. The van der Waals surface area contributed by atoms with Gasteiger partial charge in [0, 0.05) is 44.8 Å². The second-order valence-electron chi connectivity index (χ2n) is 7.15. The maximum Gasteiger partial charge on any atom is 0.251 e. The number of guanidine groups is 1. The van der Waals surface area contributed by atoms with Crippen LogP contribution in [0.5, 0.6) is 5.75 Å². The van der Waals surface area contributed by atoms with E-state index in [0.717, 1.165) is 25.5 Å². The van der Waals surface area contributed by atoms with Crippen LogP contribution in [0.25, 0.3) is 0 Å². The van der Waals surface area contributed by atoms with E-state index in [4.69, 9.17) is 4.74 Å². The molecule has 0 saturated carbocycles. The highest BCUT2D eigenvalue weighted by Crippen LogP contribution is 2.16. The third-order valence-electron chi connectivity index (χ3n) is 5.11. The van der Waals surface area contributed by atoms with Crippen LogP contribution in [0.1, 0.15) is 43.0 Å². The number of hydrogen-bond donors (Lipinski definition) is 3. The van der Waals surface area contributed by atoms with E-state index in [1.165, 1.54) is 25.8 Å². The van der Waals surface area contributed by atoms with Crippen LogP contribution >= 0.6 is 24.0 Å². The molecule has 0 aromatic heterocycles. The van der Waals surface area contributed by atoms with E-state index in [-0.39, 0.29) is 29.9 Å². The van der Waals surface area contributed by atoms with Crippen LogP contribution in [0, 0.1) is 0 Å². The molecule has 0 radical (unpaired) electrons. The van der Waals surface area contributed by atoms with Gasteiger partial charge >= 0.3 is 0 Å². The Labute approximate surface area is 192 Å². The summed E-state index contributed by atoms with van der Waals surface area (Å²) in [5.74, 6) is 1.33. The first kappa shape index (κ1) is 25.5. The second-order valence-corrected chi connectivity index (χ2v) is 7.15. The molecule has 1 aliphatic rings. The van der Waals surface area contributed by atoms with Gasteiger partial charge in [-0.25, -0.2) is 0 Å². The number of nitrogens with one attached hydrogen (secondary N) is 3. The Kier molecular flexibility index (Phi) is 12.7. The predicted octanol–water partition coefficient (Wildman–Crippen LogP) is 2.47. The zero-order chi connectivity index (χ0) is 20.2. The van der Waals surface area contributed by atoms with Gasteiger partial charge in [-0.15, -0.1) is 24.0 Å². The van der Waals surface area contributed by atoms with Crippen molar-refractivity contribution in [3.8, 4) is 5.75 Å². The molecule has 2 rings (SSSR count). The minimum Gasteiger partial charge on any atom is -0.497 e. The molecule has 1 aromatic rings. The summed E-state index contributed by atoms with van der Waals surface area (Å²) in [6.45, 7) is 6.69. The Morgan fingerprint density at radius 2 is 1.97 bits per heavy atom. The molecular weight excluding hydrogens is 481 g/mol. The summed E-state index contributed by atoms with van der Waals surface area (Å²) in [7, 11) is 3.35. The fourth-order valence-electron chi connectivity index (χ4n) is 3.42. The molecule has 1 aliphatic heterocycles. The standard InChI is InChI=1S/C21H35N5O2.HI/c1-17-8-4-5-14-26(17)15-7-11-24-21(22-2)25-13-12-23-20(27)18-9-6-10-19(16-18)28-3;/h6,9-10,16-17H,4-5,7-8,11-15H2,1-3H3,(H,23,27)(H2,22,24,25);1H. The maximum absolute atomic E-state index is 12.2. The number of ether oxygens (including phenoxy) is 1. The predicted molar refractivity (Wildman–Crippen MR) is 130 cm³/mol. The monoisotopic (exact) mass is 517 g/mol. The first-order chi connectivity index (χ1) is 13.6. The van der Waals surface area contributed by atoms with Gasteiger partial charge in [0.1, 0.15) is 5.75 Å². The lowest BCUT2D eigenvalue weighted by molar-refractivity contribution is 0.0954. The topological polar surface area (TPSA) is 78.0 Å². The van der Waals surface area contributed by atoms with Gasteiger partial charge in [0.2, 0.25) is 0 Å². The molecule has 8 heteroatoms. The average molecular weight is 517 g/mol. The van der Waals surface area contributed by atoms with E-state index in [1.54, 1.807) is 26.3 Å². The highest BCUT2D eigenvalue weighted by Gasteiger charge is 2.17. The summed E-state index contributed by atoms with van der Waals surface area (Å²) >= 11 is 0. The van der Waals surface area contributed by atoms with Crippen molar-refractivity contribution >= 4 is 35.8 Å². The largest absolute Gasteiger partial charge is 0.497 e. The van der Waals surface area contributed by atoms with Gasteiger partial charge < -0.3 is 25.6 Å². The molecule has 1 fully saturated rings. The van der Waals surface area contributed by atoms with Gasteiger partial charge in [-0.05, 0) is 50.9 Å². The molecule has 1 aromatic carbocycles. The lowest BCUT2D eigenvalue weighted by Crippen LogP contribution is -2.43. The molecule has 3 N–H and O–H groups in total. The number of methoxy groups -OCH3 is 1. The molecule has 29 heavy (non-hydrogen) atoms.